The van der Waals surface area contributed by atoms with Gasteiger partial charge in [-0.1, -0.05) is 35.3 Å². The number of benzene rings is 2. The largest absolute Gasteiger partial charge is 0.387 e. The Hall–Kier alpha value is -1.35. The number of Topliss-reactive ketones (excluding diaryl/α,β-unsaturated/α-hetero) is 1. The Morgan fingerprint density at radius 1 is 1.20 bits per heavy atom. The minimum atomic E-state index is -3.49. The van der Waals surface area contributed by atoms with Crippen LogP contribution in [0.4, 0.5) is 5.69 Å². The smallest absolute Gasteiger partial charge is 0.229 e. The predicted molar refractivity (Wildman–Crippen MR) is 123 cm³/mol. The molecule has 0 saturated carbocycles. The molecule has 0 spiro atoms. The van der Waals surface area contributed by atoms with E-state index in [1.165, 1.54) is 12.1 Å². The molecule has 164 valence electrons. The van der Waals surface area contributed by atoms with Crippen LogP contribution in [0.15, 0.2) is 36.4 Å². The summed E-state index contributed by atoms with van der Waals surface area (Å²) in [4.78, 5) is 12.7. The number of aryl methyl sites for hydroxylation is 1. The van der Waals surface area contributed by atoms with Crippen molar-refractivity contribution in [2.24, 2.45) is 5.92 Å². The molecule has 2 atom stereocenters. The third-order valence-corrected chi connectivity index (χ3v) is 6.02. The molecule has 0 amide bonds. The Kier molecular flexibility index (Phi) is 8.56. The highest BCUT2D eigenvalue weighted by molar-refractivity contribution is 7.92. The lowest BCUT2D eigenvalue weighted by Gasteiger charge is -2.24. The van der Waals surface area contributed by atoms with E-state index in [1.54, 1.807) is 18.2 Å². The Labute approximate surface area is 192 Å². The van der Waals surface area contributed by atoms with E-state index < -0.39 is 16.1 Å². The number of sulfonamides is 1. The number of halogens is 3. The number of rotatable bonds is 7. The second kappa shape index (κ2) is 10.3. The molecule has 2 aromatic rings. The quantitative estimate of drug-likeness (QED) is 0.544. The highest BCUT2D eigenvalue weighted by atomic mass is 35.5. The van der Waals surface area contributed by atoms with E-state index in [1.807, 2.05) is 6.07 Å². The van der Waals surface area contributed by atoms with Gasteiger partial charge in [0.2, 0.25) is 10.0 Å². The molecule has 3 N–H and O–H groups in total. The fourth-order valence-electron chi connectivity index (χ4n) is 3.41. The average Bonchev–Trinajstić information content (AvgIpc) is 2.64. The van der Waals surface area contributed by atoms with Gasteiger partial charge in [0.1, 0.15) is 0 Å². The van der Waals surface area contributed by atoms with Crippen molar-refractivity contribution in [3.8, 4) is 0 Å². The molecule has 1 aliphatic carbocycles. The van der Waals surface area contributed by atoms with Crippen LogP contribution in [0.1, 0.15) is 34.0 Å². The molecule has 0 bridgehead atoms. The molecule has 0 aromatic heterocycles. The normalized spacial score (nSPS) is 17.1. The number of ketones is 1. The van der Waals surface area contributed by atoms with E-state index in [9.17, 15) is 18.3 Å². The molecular formula is C20H23Cl3N2O4S. The zero-order chi connectivity index (χ0) is 21.2. The Morgan fingerprint density at radius 2 is 1.93 bits per heavy atom. The van der Waals surface area contributed by atoms with Gasteiger partial charge in [-0.15, -0.1) is 12.4 Å². The molecular weight excluding hydrogens is 471 g/mol. The van der Waals surface area contributed by atoms with Crippen LogP contribution in [-0.4, -0.2) is 38.7 Å². The summed E-state index contributed by atoms with van der Waals surface area (Å²) in [7, 11) is -3.49. The summed E-state index contributed by atoms with van der Waals surface area (Å²) in [6, 6.07) is 10.1. The van der Waals surface area contributed by atoms with Gasteiger partial charge in [-0.25, -0.2) is 8.42 Å². The Balaban J connectivity index is 0.00000320. The van der Waals surface area contributed by atoms with E-state index in [-0.39, 0.29) is 41.4 Å². The first-order valence-electron chi connectivity index (χ1n) is 9.12. The van der Waals surface area contributed by atoms with Gasteiger partial charge in [-0.05, 0) is 48.2 Å². The van der Waals surface area contributed by atoms with Gasteiger partial charge in [-0.3, -0.25) is 9.52 Å². The number of nitrogens with one attached hydrogen (secondary N) is 2. The van der Waals surface area contributed by atoms with Crippen molar-refractivity contribution >= 4 is 57.1 Å². The van der Waals surface area contributed by atoms with Crippen LogP contribution in [0.2, 0.25) is 10.0 Å². The lowest BCUT2D eigenvalue weighted by atomic mass is 9.82. The third-order valence-electron chi connectivity index (χ3n) is 4.87. The van der Waals surface area contributed by atoms with Gasteiger partial charge in [0, 0.05) is 29.6 Å². The number of hydrogen-bond acceptors (Lipinski definition) is 5. The van der Waals surface area contributed by atoms with Gasteiger partial charge in [0.05, 0.1) is 23.1 Å². The van der Waals surface area contributed by atoms with Crippen molar-refractivity contribution < 1.29 is 18.3 Å². The van der Waals surface area contributed by atoms with Gasteiger partial charge in [-0.2, -0.15) is 0 Å². The first-order chi connectivity index (χ1) is 13.6. The standard InChI is InChI=1S/C20H22Cl2N2O4S.ClH/c1-29(27,28)24-18-8-13(5-7-17(18)22)19(25)11-23-10-14-3-2-12-4-6-15(21)9-16(12)20(14)26;/h4-9,14,19,23-25H,2-3,10-11H2,1H3;1H. The number of carbonyl (C=O) groups is 1. The van der Waals surface area contributed by atoms with Crippen LogP contribution in [0.3, 0.4) is 0 Å². The summed E-state index contributed by atoms with van der Waals surface area (Å²) in [5.41, 5.74) is 2.41. The monoisotopic (exact) mass is 492 g/mol. The molecule has 0 saturated heterocycles. The maximum atomic E-state index is 12.7. The van der Waals surface area contributed by atoms with Crippen molar-refractivity contribution in [2.75, 3.05) is 24.1 Å². The van der Waals surface area contributed by atoms with Gasteiger partial charge >= 0.3 is 0 Å². The lowest BCUT2D eigenvalue weighted by Crippen LogP contribution is -2.34. The third kappa shape index (κ3) is 6.33. The number of hydrogen-bond donors (Lipinski definition) is 3. The summed E-state index contributed by atoms with van der Waals surface area (Å²) in [5, 5.41) is 14.4. The molecule has 6 nitrogen and oxygen atoms in total. The maximum Gasteiger partial charge on any atom is 0.229 e. The first-order valence-corrected chi connectivity index (χ1v) is 11.8. The Morgan fingerprint density at radius 3 is 2.63 bits per heavy atom. The molecule has 1 aliphatic rings. The lowest BCUT2D eigenvalue weighted by molar-refractivity contribution is 0.0895. The minimum absolute atomic E-state index is 0. The molecule has 10 heteroatoms. The van der Waals surface area contributed by atoms with Crippen molar-refractivity contribution in [3.63, 3.8) is 0 Å². The highest BCUT2D eigenvalue weighted by Crippen LogP contribution is 2.29. The summed E-state index contributed by atoms with van der Waals surface area (Å²) in [5.74, 6) is -0.122. The number of anilines is 1. The van der Waals surface area contributed by atoms with Crippen molar-refractivity contribution in [3.05, 3.63) is 63.1 Å². The average molecular weight is 494 g/mol. The number of fused-ring (bicyclic) bond motifs is 1. The topological polar surface area (TPSA) is 95.5 Å². The zero-order valence-corrected chi connectivity index (χ0v) is 19.3. The highest BCUT2D eigenvalue weighted by Gasteiger charge is 2.27. The van der Waals surface area contributed by atoms with Crippen molar-refractivity contribution in [2.45, 2.75) is 18.9 Å². The van der Waals surface area contributed by atoms with Crippen molar-refractivity contribution in [1.29, 1.82) is 0 Å². The van der Waals surface area contributed by atoms with Crippen LogP contribution in [0, 0.1) is 5.92 Å². The fraction of sp³-hybridized carbons (Fsp3) is 0.350. The summed E-state index contributed by atoms with van der Waals surface area (Å²) in [6.45, 7) is 0.649. The van der Waals surface area contributed by atoms with E-state index >= 15 is 0 Å². The van der Waals surface area contributed by atoms with Crippen LogP contribution in [0.5, 0.6) is 0 Å². The molecule has 0 heterocycles. The molecule has 0 radical (unpaired) electrons. The number of aliphatic hydroxyl groups is 1. The molecule has 30 heavy (non-hydrogen) atoms. The first kappa shape index (κ1) is 24.9. The van der Waals surface area contributed by atoms with Crippen LogP contribution >= 0.6 is 35.6 Å². The molecule has 3 rings (SSSR count). The minimum Gasteiger partial charge on any atom is -0.387 e. The number of carbonyl (C=O) groups excluding carboxylic acids is 1. The zero-order valence-electron chi connectivity index (χ0n) is 16.2. The van der Waals surface area contributed by atoms with E-state index in [4.69, 9.17) is 23.2 Å². The predicted octanol–water partition coefficient (Wildman–Crippen LogP) is 3.86. The summed E-state index contributed by atoms with van der Waals surface area (Å²) >= 11 is 12.0. The number of aliphatic hydroxyl groups excluding tert-OH is 1. The summed E-state index contributed by atoms with van der Waals surface area (Å²) in [6.07, 6.45) is 1.69. The van der Waals surface area contributed by atoms with Gasteiger partial charge < -0.3 is 10.4 Å². The van der Waals surface area contributed by atoms with E-state index in [2.05, 4.69) is 10.0 Å². The Bertz CT molecular complexity index is 1030. The summed E-state index contributed by atoms with van der Waals surface area (Å²) < 4.78 is 25.2. The van der Waals surface area contributed by atoms with Crippen LogP contribution in [-0.2, 0) is 16.4 Å². The molecule has 2 unspecified atom stereocenters. The molecule has 2 aromatic carbocycles. The maximum absolute atomic E-state index is 12.7. The SMILES string of the molecule is CS(=O)(=O)Nc1cc(C(O)CNCC2CCc3ccc(Cl)cc3C2=O)ccc1Cl.Cl. The van der Waals surface area contributed by atoms with Gasteiger partial charge in [0.25, 0.3) is 0 Å². The van der Waals surface area contributed by atoms with E-state index in [0.29, 0.717) is 22.7 Å². The van der Waals surface area contributed by atoms with Crippen LogP contribution < -0.4 is 10.0 Å². The molecule has 0 fully saturated rings. The fourth-order valence-corrected chi connectivity index (χ4v) is 4.37. The van der Waals surface area contributed by atoms with Crippen LogP contribution in [0.25, 0.3) is 0 Å². The second-order valence-electron chi connectivity index (χ2n) is 7.19. The van der Waals surface area contributed by atoms with Gasteiger partial charge in [0.15, 0.2) is 5.78 Å². The van der Waals surface area contributed by atoms with E-state index in [0.717, 1.165) is 24.7 Å². The second-order valence-corrected chi connectivity index (χ2v) is 9.78. The molecule has 0 aliphatic heterocycles. The van der Waals surface area contributed by atoms with Crippen molar-refractivity contribution in [1.82, 2.24) is 5.32 Å².